The fraction of sp³-hybridized carbons (Fsp3) is 0.577. The largest absolute Gasteiger partial charge is 0.458 e. The van der Waals surface area contributed by atoms with E-state index in [1.54, 1.807) is 53.7 Å². The minimum atomic E-state index is -1.00. The van der Waals surface area contributed by atoms with Gasteiger partial charge < -0.3 is 20.5 Å². The zero-order chi connectivity index (χ0) is 26.6. The number of amides is 1. The topological polar surface area (TPSA) is 113 Å². The summed E-state index contributed by atoms with van der Waals surface area (Å²) in [6, 6.07) is 5.37. The molecule has 0 saturated carbocycles. The van der Waals surface area contributed by atoms with Gasteiger partial charge in [0, 0.05) is 11.8 Å². The van der Waals surface area contributed by atoms with Crippen molar-refractivity contribution >= 4 is 40.5 Å². The number of nitrogens with one attached hydrogen (secondary N) is 1. The van der Waals surface area contributed by atoms with Crippen LogP contribution in [0.1, 0.15) is 73.3 Å². The van der Waals surface area contributed by atoms with Gasteiger partial charge in [-0.2, -0.15) is 0 Å². The van der Waals surface area contributed by atoms with Crippen LogP contribution in [0.25, 0.3) is 10.9 Å². The molecule has 0 radical (unpaired) electrons. The molecule has 0 fully saturated rings. The van der Waals surface area contributed by atoms with Gasteiger partial charge in [-0.3, -0.25) is 4.79 Å². The van der Waals surface area contributed by atoms with Crippen molar-refractivity contribution in [2.75, 3.05) is 0 Å². The second-order valence-electron chi connectivity index (χ2n) is 10.6. The summed E-state index contributed by atoms with van der Waals surface area (Å²) in [6.45, 7) is 12.6. The number of halogens is 1. The van der Waals surface area contributed by atoms with Crippen molar-refractivity contribution in [2.45, 2.75) is 97.4 Å². The molecule has 2 aromatic rings. The Bertz CT molecular complexity index is 1070. The summed E-state index contributed by atoms with van der Waals surface area (Å²) in [5, 5.41) is 3.58. The molecule has 35 heavy (non-hydrogen) atoms. The summed E-state index contributed by atoms with van der Waals surface area (Å²) in [5.74, 6) is -0.992. The van der Waals surface area contributed by atoms with Crippen LogP contribution in [-0.2, 0) is 25.5 Å². The van der Waals surface area contributed by atoms with E-state index in [9.17, 15) is 14.4 Å². The second kappa shape index (κ2) is 11.4. The molecule has 1 aromatic heterocycles. The van der Waals surface area contributed by atoms with E-state index in [0.717, 1.165) is 12.8 Å². The highest BCUT2D eigenvalue weighted by Gasteiger charge is 2.30. The molecule has 9 heteroatoms. The number of unbranched alkanes of at least 4 members (excludes halogenated alkanes) is 1. The lowest BCUT2D eigenvalue weighted by Crippen LogP contribution is -2.50. The maximum atomic E-state index is 13.0. The minimum Gasteiger partial charge on any atom is -0.458 e. The number of carbonyl (C=O) groups is 3. The highest BCUT2D eigenvalue weighted by molar-refractivity contribution is 6.33. The molecular formula is C26H38ClN3O5. The molecule has 2 rings (SSSR count). The molecule has 0 aliphatic rings. The van der Waals surface area contributed by atoms with E-state index in [2.05, 4.69) is 5.32 Å². The van der Waals surface area contributed by atoms with E-state index in [1.807, 2.05) is 19.1 Å². The number of aromatic nitrogens is 1. The van der Waals surface area contributed by atoms with E-state index < -0.39 is 41.3 Å². The maximum absolute atomic E-state index is 13.0. The Morgan fingerprint density at radius 3 is 2.23 bits per heavy atom. The number of benzene rings is 1. The van der Waals surface area contributed by atoms with Gasteiger partial charge in [-0.15, -0.1) is 0 Å². The minimum absolute atomic E-state index is 0.0653. The second-order valence-corrected chi connectivity index (χ2v) is 11.0. The van der Waals surface area contributed by atoms with Gasteiger partial charge >= 0.3 is 12.1 Å². The van der Waals surface area contributed by atoms with Crippen LogP contribution in [-0.4, -0.2) is 45.8 Å². The van der Waals surface area contributed by atoms with Gasteiger partial charge in [0.15, 0.2) is 0 Å². The maximum Gasteiger partial charge on any atom is 0.420 e. The van der Waals surface area contributed by atoms with Crippen molar-refractivity contribution in [3.63, 3.8) is 0 Å². The number of hydrogen-bond acceptors (Lipinski definition) is 6. The molecule has 3 N–H and O–H groups in total. The Morgan fingerprint density at radius 2 is 1.66 bits per heavy atom. The van der Waals surface area contributed by atoms with Gasteiger partial charge in [0.2, 0.25) is 5.91 Å². The molecule has 0 unspecified atom stereocenters. The first-order chi connectivity index (χ1) is 16.1. The molecule has 2 atom stereocenters. The van der Waals surface area contributed by atoms with Crippen molar-refractivity contribution in [1.82, 2.24) is 9.88 Å². The number of hydrogen-bond donors (Lipinski definition) is 2. The zero-order valence-electron chi connectivity index (χ0n) is 21.7. The molecule has 8 nitrogen and oxygen atoms in total. The molecule has 1 aromatic carbocycles. The third-order valence-electron chi connectivity index (χ3n) is 5.11. The smallest absolute Gasteiger partial charge is 0.420 e. The molecular weight excluding hydrogens is 470 g/mol. The van der Waals surface area contributed by atoms with Crippen molar-refractivity contribution in [3.05, 3.63) is 35.0 Å². The van der Waals surface area contributed by atoms with Gasteiger partial charge in [-0.25, -0.2) is 14.2 Å². The molecule has 0 saturated heterocycles. The van der Waals surface area contributed by atoms with Crippen LogP contribution in [0, 0.1) is 0 Å². The Balaban J connectivity index is 2.28. The standard InChI is InChI=1S/C26H38ClN3O5/c1-8-9-13-19(23(32)34-25(2,3)4)29-22(31)18(28)15-17-16-12-10-11-14-20(16)30(21(17)27)24(33)35-26(5,6)7/h10-12,14,18-19H,8-9,13,15,28H2,1-7H3,(H,29,31)/t18-,19-/m1/s1. The summed E-state index contributed by atoms with van der Waals surface area (Å²) in [5.41, 5.74) is 5.98. The first-order valence-corrected chi connectivity index (χ1v) is 12.3. The van der Waals surface area contributed by atoms with Crippen LogP contribution in [0.3, 0.4) is 0 Å². The Morgan fingerprint density at radius 1 is 1.06 bits per heavy atom. The van der Waals surface area contributed by atoms with Gasteiger partial charge in [0.05, 0.1) is 11.6 Å². The lowest BCUT2D eigenvalue weighted by molar-refractivity contribution is -0.159. The van der Waals surface area contributed by atoms with E-state index in [-0.39, 0.29) is 11.6 Å². The van der Waals surface area contributed by atoms with Gasteiger partial charge in [-0.05, 0) is 59.6 Å². The van der Waals surface area contributed by atoms with Crippen LogP contribution in [0.15, 0.2) is 24.3 Å². The average Bonchev–Trinajstić information content (AvgIpc) is 2.99. The number of ether oxygens (including phenoxy) is 2. The number of para-hydroxylation sites is 1. The SMILES string of the molecule is CCCC[C@@H](NC(=O)[C@H](N)Cc1c(Cl)n(C(=O)OC(C)(C)C)c2ccccc12)C(=O)OC(C)(C)C. The van der Waals surface area contributed by atoms with Crippen molar-refractivity contribution in [1.29, 1.82) is 0 Å². The summed E-state index contributed by atoms with van der Waals surface area (Å²) in [6.07, 6.45) is 1.50. The quantitative estimate of drug-likeness (QED) is 0.488. The first-order valence-electron chi connectivity index (χ1n) is 11.9. The highest BCUT2D eigenvalue weighted by Crippen LogP contribution is 2.32. The Labute approximate surface area is 212 Å². The lowest BCUT2D eigenvalue weighted by atomic mass is 10.0. The number of fused-ring (bicyclic) bond motifs is 1. The number of rotatable bonds is 8. The summed E-state index contributed by atoms with van der Waals surface area (Å²) < 4.78 is 12.3. The van der Waals surface area contributed by atoms with E-state index in [0.29, 0.717) is 22.9 Å². The predicted molar refractivity (Wildman–Crippen MR) is 138 cm³/mol. The van der Waals surface area contributed by atoms with Crippen LogP contribution in [0.2, 0.25) is 5.15 Å². The molecule has 0 aliphatic carbocycles. The normalized spacial score (nSPS) is 13.9. The average molecular weight is 508 g/mol. The van der Waals surface area contributed by atoms with Crippen molar-refractivity contribution in [2.24, 2.45) is 5.73 Å². The molecule has 0 bridgehead atoms. The lowest BCUT2D eigenvalue weighted by Gasteiger charge is -2.25. The summed E-state index contributed by atoms with van der Waals surface area (Å²) in [4.78, 5) is 38.5. The molecule has 194 valence electrons. The Hall–Kier alpha value is -2.58. The van der Waals surface area contributed by atoms with Crippen LogP contribution in [0.4, 0.5) is 4.79 Å². The van der Waals surface area contributed by atoms with Crippen molar-refractivity contribution in [3.8, 4) is 0 Å². The Kier molecular flexibility index (Phi) is 9.36. The fourth-order valence-electron chi connectivity index (χ4n) is 3.58. The van der Waals surface area contributed by atoms with Gasteiger partial charge in [-0.1, -0.05) is 49.6 Å². The first kappa shape index (κ1) is 28.7. The van der Waals surface area contributed by atoms with Gasteiger partial charge in [0.1, 0.15) is 22.4 Å². The van der Waals surface area contributed by atoms with Gasteiger partial charge in [0.25, 0.3) is 0 Å². The number of carbonyl (C=O) groups excluding carboxylic acids is 3. The summed E-state index contributed by atoms with van der Waals surface area (Å²) >= 11 is 6.62. The van der Waals surface area contributed by atoms with Crippen LogP contribution in [0.5, 0.6) is 0 Å². The van der Waals surface area contributed by atoms with E-state index in [4.69, 9.17) is 26.8 Å². The monoisotopic (exact) mass is 507 g/mol. The zero-order valence-corrected chi connectivity index (χ0v) is 22.5. The van der Waals surface area contributed by atoms with E-state index in [1.165, 1.54) is 4.57 Å². The molecule has 1 amide bonds. The number of esters is 1. The van der Waals surface area contributed by atoms with Crippen LogP contribution < -0.4 is 11.1 Å². The van der Waals surface area contributed by atoms with E-state index >= 15 is 0 Å². The fourth-order valence-corrected chi connectivity index (χ4v) is 3.92. The van der Waals surface area contributed by atoms with Crippen molar-refractivity contribution < 1.29 is 23.9 Å². The number of nitrogens with two attached hydrogens (primary N) is 1. The summed E-state index contributed by atoms with van der Waals surface area (Å²) in [7, 11) is 0. The van der Waals surface area contributed by atoms with Crippen LogP contribution >= 0.6 is 11.6 Å². The number of nitrogens with zero attached hydrogens (tertiary/aromatic N) is 1. The highest BCUT2D eigenvalue weighted by atomic mass is 35.5. The molecule has 0 spiro atoms. The third kappa shape index (κ3) is 7.97. The predicted octanol–water partition coefficient (Wildman–Crippen LogP) is 4.96. The molecule has 1 heterocycles. The third-order valence-corrected chi connectivity index (χ3v) is 5.50. The molecule has 0 aliphatic heterocycles.